The SMILES string of the molecule is O=C(CC1(C(=O)O)CCC1)NC(c1cccs1)C1CC1. The summed E-state index contributed by atoms with van der Waals surface area (Å²) in [5, 5.41) is 14.4. The molecule has 0 bridgehead atoms. The Kier molecular flexibility index (Phi) is 3.54. The molecule has 1 aromatic heterocycles. The van der Waals surface area contributed by atoms with E-state index in [0.29, 0.717) is 18.8 Å². The van der Waals surface area contributed by atoms with E-state index in [1.807, 2.05) is 17.5 Å². The van der Waals surface area contributed by atoms with Crippen molar-refractivity contribution in [3.05, 3.63) is 22.4 Å². The smallest absolute Gasteiger partial charge is 0.310 e. The van der Waals surface area contributed by atoms with Gasteiger partial charge in [0.1, 0.15) is 0 Å². The summed E-state index contributed by atoms with van der Waals surface area (Å²) >= 11 is 1.65. The zero-order valence-electron chi connectivity index (χ0n) is 11.3. The first-order chi connectivity index (χ1) is 9.61. The highest BCUT2D eigenvalue weighted by molar-refractivity contribution is 7.10. The number of hydrogen-bond acceptors (Lipinski definition) is 3. The second-order valence-corrected chi connectivity index (χ2v) is 6.99. The average Bonchev–Trinajstić information content (AvgIpc) is 3.05. The van der Waals surface area contributed by atoms with Crippen LogP contribution in [0.2, 0.25) is 0 Å². The van der Waals surface area contributed by atoms with Crippen LogP contribution in [-0.2, 0) is 9.59 Å². The molecule has 4 nitrogen and oxygen atoms in total. The van der Waals surface area contributed by atoms with Crippen LogP contribution in [0.15, 0.2) is 17.5 Å². The molecule has 20 heavy (non-hydrogen) atoms. The summed E-state index contributed by atoms with van der Waals surface area (Å²) in [7, 11) is 0. The van der Waals surface area contributed by atoms with Gasteiger partial charge in [-0.1, -0.05) is 12.5 Å². The molecule has 1 amide bonds. The number of aliphatic carboxylic acids is 1. The largest absolute Gasteiger partial charge is 0.481 e. The maximum absolute atomic E-state index is 12.2. The molecule has 3 rings (SSSR count). The lowest BCUT2D eigenvalue weighted by Crippen LogP contribution is -2.43. The topological polar surface area (TPSA) is 66.4 Å². The van der Waals surface area contributed by atoms with Gasteiger partial charge in [-0.15, -0.1) is 11.3 Å². The van der Waals surface area contributed by atoms with Crippen molar-refractivity contribution in [3.8, 4) is 0 Å². The summed E-state index contributed by atoms with van der Waals surface area (Å²) in [6.07, 6.45) is 4.58. The number of carbonyl (C=O) groups is 2. The molecule has 0 aromatic carbocycles. The first-order valence-electron chi connectivity index (χ1n) is 7.17. The summed E-state index contributed by atoms with van der Waals surface area (Å²) in [5.41, 5.74) is -0.798. The molecule has 1 unspecified atom stereocenters. The van der Waals surface area contributed by atoms with E-state index >= 15 is 0 Å². The summed E-state index contributed by atoms with van der Waals surface area (Å²) in [4.78, 5) is 24.7. The van der Waals surface area contributed by atoms with Gasteiger partial charge < -0.3 is 10.4 Å². The first kappa shape index (κ1) is 13.6. The predicted octanol–water partition coefficient (Wildman–Crippen LogP) is 2.96. The number of hydrogen-bond donors (Lipinski definition) is 2. The molecule has 108 valence electrons. The third-order valence-electron chi connectivity index (χ3n) is 4.52. The predicted molar refractivity (Wildman–Crippen MR) is 76.5 cm³/mol. The second-order valence-electron chi connectivity index (χ2n) is 6.01. The number of amides is 1. The minimum absolute atomic E-state index is 0.0772. The Morgan fingerprint density at radius 2 is 2.20 bits per heavy atom. The third kappa shape index (κ3) is 2.59. The Labute approximate surface area is 122 Å². The molecule has 2 saturated carbocycles. The van der Waals surface area contributed by atoms with Crippen molar-refractivity contribution in [1.82, 2.24) is 5.32 Å². The number of carbonyl (C=O) groups excluding carboxylic acids is 1. The van der Waals surface area contributed by atoms with E-state index in [1.165, 1.54) is 4.88 Å². The van der Waals surface area contributed by atoms with Crippen molar-refractivity contribution < 1.29 is 14.7 Å². The van der Waals surface area contributed by atoms with Crippen molar-refractivity contribution in [2.45, 2.75) is 44.6 Å². The lowest BCUT2D eigenvalue weighted by Gasteiger charge is -2.37. The van der Waals surface area contributed by atoms with E-state index in [1.54, 1.807) is 11.3 Å². The molecule has 0 spiro atoms. The molecular weight excluding hydrogens is 274 g/mol. The van der Waals surface area contributed by atoms with E-state index in [2.05, 4.69) is 5.32 Å². The molecule has 1 atom stereocenters. The van der Waals surface area contributed by atoms with Crippen LogP contribution in [0.3, 0.4) is 0 Å². The number of carboxylic acid groups (broad SMARTS) is 1. The van der Waals surface area contributed by atoms with Crippen molar-refractivity contribution in [2.24, 2.45) is 11.3 Å². The normalized spacial score (nSPS) is 21.8. The van der Waals surface area contributed by atoms with Crippen LogP contribution in [-0.4, -0.2) is 17.0 Å². The first-order valence-corrected chi connectivity index (χ1v) is 8.05. The maximum Gasteiger partial charge on any atom is 0.310 e. The van der Waals surface area contributed by atoms with Crippen LogP contribution in [0.1, 0.15) is 49.4 Å². The van der Waals surface area contributed by atoms with Gasteiger partial charge in [-0.05, 0) is 43.0 Å². The number of thiophene rings is 1. The van der Waals surface area contributed by atoms with Gasteiger partial charge >= 0.3 is 5.97 Å². The fourth-order valence-electron chi connectivity index (χ4n) is 2.92. The molecule has 1 heterocycles. The van der Waals surface area contributed by atoms with Gasteiger partial charge in [0.25, 0.3) is 0 Å². The quantitative estimate of drug-likeness (QED) is 0.847. The molecule has 0 radical (unpaired) electrons. The van der Waals surface area contributed by atoms with Crippen LogP contribution < -0.4 is 5.32 Å². The van der Waals surface area contributed by atoms with Crippen molar-refractivity contribution >= 4 is 23.2 Å². The van der Waals surface area contributed by atoms with Gasteiger partial charge in [-0.25, -0.2) is 0 Å². The summed E-state index contributed by atoms with van der Waals surface area (Å²) in [6, 6.07) is 4.12. The van der Waals surface area contributed by atoms with Gasteiger partial charge in [0.05, 0.1) is 11.5 Å². The maximum atomic E-state index is 12.2. The number of nitrogens with one attached hydrogen (secondary N) is 1. The minimum Gasteiger partial charge on any atom is -0.481 e. The standard InChI is InChI=1S/C15H19NO3S/c17-12(9-15(14(18)19)6-2-7-15)16-13(10-4-5-10)11-3-1-8-20-11/h1,3,8,10,13H,2,4-7,9H2,(H,16,17)(H,18,19). The zero-order valence-corrected chi connectivity index (χ0v) is 12.1. The van der Waals surface area contributed by atoms with Crippen LogP contribution in [0.4, 0.5) is 0 Å². The summed E-state index contributed by atoms with van der Waals surface area (Å²) in [5.74, 6) is -0.407. The second kappa shape index (κ2) is 5.20. The van der Waals surface area contributed by atoms with Gasteiger partial charge in [0.15, 0.2) is 0 Å². The Bertz CT molecular complexity index is 503. The highest BCUT2D eigenvalue weighted by Crippen LogP contribution is 2.45. The highest BCUT2D eigenvalue weighted by Gasteiger charge is 2.46. The third-order valence-corrected chi connectivity index (χ3v) is 5.48. The minimum atomic E-state index is -0.821. The van der Waals surface area contributed by atoms with Crippen LogP contribution >= 0.6 is 11.3 Å². The van der Waals surface area contributed by atoms with Gasteiger partial charge in [-0.2, -0.15) is 0 Å². The van der Waals surface area contributed by atoms with E-state index in [-0.39, 0.29) is 18.4 Å². The molecule has 2 N–H and O–H groups in total. The summed E-state index contributed by atoms with van der Waals surface area (Å²) < 4.78 is 0. The lowest BCUT2D eigenvalue weighted by molar-refractivity contribution is -0.157. The Morgan fingerprint density at radius 3 is 2.65 bits per heavy atom. The Morgan fingerprint density at radius 1 is 1.45 bits per heavy atom. The summed E-state index contributed by atoms with van der Waals surface area (Å²) in [6.45, 7) is 0. The Balaban J connectivity index is 1.64. The Hall–Kier alpha value is -1.36. The molecule has 0 aliphatic heterocycles. The molecule has 2 aliphatic carbocycles. The lowest BCUT2D eigenvalue weighted by atomic mass is 9.66. The average molecular weight is 293 g/mol. The molecule has 2 aliphatic rings. The van der Waals surface area contributed by atoms with Gasteiger partial charge in [-0.3, -0.25) is 9.59 Å². The van der Waals surface area contributed by atoms with E-state index < -0.39 is 11.4 Å². The van der Waals surface area contributed by atoms with Crippen LogP contribution in [0.5, 0.6) is 0 Å². The van der Waals surface area contributed by atoms with Crippen molar-refractivity contribution in [1.29, 1.82) is 0 Å². The van der Waals surface area contributed by atoms with E-state index in [0.717, 1.165) is 19.3 Å². The molecular formula is C15H19NO3S. The molecule has 2 fully saturated rings. The van der Waals surface area contributed by atoms with Gasteiger partial charge in [0.2, 0.25) is 5.91 Å². The zero-order chi connectivity index (χ0) is 14.2. The molecule has 0 saturated heterocycles. The van der Waals surface area contributed by atoms with Crippen molar-refractivity contribution in [3.63, 3.8) is 0 Å². The van der Waals surface area contributed by atoms with E-state index in [4.69, 9.17) is 0 Å². The molecule has 1 aromatic rings. The number of rotatable bonds is 6. The fourth-order valence-corrected chi connectivity index (χ4v) is 3.79. The fraction of sp³-hybridized carbons (Fsp3) is 0.600. The molecule has 5 heteroatoms. The van der Waals surface area contributed by atoms with Crippen molar-refractivity contribution in [2.75, 3.05) is 0 Å². The van der Waals surface area contributed by atoms with Crippen LogP contribution in [0, 0.1) is 11.3 Å². The monoisotopic (exact) mass is 293 g/mol. The van der Waals surface area contributed by atoms with Crippen LogP contribution in [0.25, 0.3) is 0 Å². The number of carboxylic acids is 1. The highest BCUT2D eigenvalue weighted by atomic mass is 32.1. The van der Waals surface area contributed by atoms with Gasteiger partial charge in [0, 0.05) is 11.3 Å². The van der Waals surface area contributed by atoms with E-state index in [9.17, 15) is 14.7 Å².